The molecule has 7 nitrogen and oxygen atoms in total. The number of aromatic nitrogens is 4. The summed E-state index contributed by atoms with van der Waals surface area (Å²) in [7, 11) is 0. The molecule has 1 spiro atoms. The van der Waals surface area contributed by atoms with Gasteiger partial charge in [-0.15, -0.1) is 0 Å². The Labute approximate surface area is 145 Å². The van der Waals surface area contributed by atoms with Crippen LogP contribution in [-0.4, -0.2) is 45.3 Å². The summed E-state index contributed by atoms with van der Waals surface area (Å²) in [5, 5.41) is 0. The second-order valence-electron chi connectivity index (χ2n) is 6.66. The van der Waals surface area contributed by atoms with Crippen molar-refractivity contribution in [3.63, 3.8) is 0 Å². The molecule has 1 aromatic carbocycles. The maximum atomic E-state index is 6.54. The monoisotopic (exact) mass is 337 g/mol. The van der Waals surface area contributed by atoms with Crippen molar-refractivity contribution < 1.29 is 9.47 Å². The van der Waals surface area contributed by atoms with E-state index in [9.17, 15) is 0 Å². The van der Waals surface area contributed by atoms with Gasteiger partial charge in [-0.3, -0.25) is 0 Å². The highest BCUT2D eigenvalue weighted by atomic mass is 16.5. The third kappa shape index (κ3) is 2.51. The Balaban J connectivity index is 1.62. The van der Waals surface area contributed by atoms with Gasteiger partial charge in [0.2, 0.25) is 0 Å². The molecular formula is C18H19N5O2. The second-order valence-corrected chi connectivity index (χ2v) is 6.66. The topological polar surface area (TPSA) is 76.2 Å². The minimum Gasteiger partial charge on any atom is -0.485 e. The van der Waals surface area contributed by atoms with Gasteiger partial charge < -0.3 is 19.4 Å². The van der Waals surface area contributed by atoms with Gasteiger partial charge in [0.05, 0.1) is 26.1 Å². The molecule has 2 aliphatic rings. The zero-order valence-corrected chi connectivity index (χ0v) is 13.8. The molecular weight excluding hydrogens is 318 g/mol. The number of benzene rings is 1. The molecule has 128 valence electrons. The number of rotatable bonds is 1. The number of hydrogen-bond acceptors (Lipinski definition) is 6. The number of anilines is 1. The van der Waals surface area contributed by atoms with E-state index in [2.05, 4.69) is 37.0 Å². The molecule has 3 aromatic rings. The summed E-state index contributed by atoms with van der Waals surface area (Å²) in [5.41, 5.74) is 2.45. The number of nitrogens with one attached hydrogen (secondary N) is 1. The maximum Gasteiger partial charge on any atom is 0.182 e. The Morgan fingerprint density at radius 2 is 1.96 bits per heavy atom. The molecule has 1 N–H and O–H groups in total. The number of fused-ring (bicyclic) bond motifs is 2. The SMILES string of the molecule is c1ccc2c(c1)CN(c1ncnc3nc[nH]c13)CC1(CCOCC1)O2. The van der Waals surface area contributed by atoms with Gasteiger partial charge in [-0.25, -0.2) is 15.0 Å². The van der Waals surface area contributed by atoms with Gasteiger partial charge in [0.25, 0.3) is 0 Å². The summed E-state index contributed by atoms with van der Waals surface area (Å²) >= 11 is 0. The normalized spacial score (nSPS) is 19.4. The van der Waals surface area contributed by atoms with E-state index < -0.39 is 0 Å². The predicted molar refractivity (Wildman–Crippen MR) is 92.6 cm³/mol. The molecule has 1 saturated heterocycles. The first-order chi connectivity index (χ1) is 12.3. The van der Waals surface area contributed by atoms with Crippen molar-refractivity contribution in [2.45, 2.75) is 25.0 Å². The molecule has 0 unspecified atom stereocenters. The third-order valence-electron chi connectivity index (χ3n) is 5.05. The zero-order valence-electron chi connectivity index (χ0n) is 13.8. The molecule has 0 aliphatic carbocycles. The molecule has 7 heteroatoms. The van der Waals surface area contributed by atoms with Gasteiger partial charge in [-0.1, -0.05) is 18.2 Å². The van der Waals surface area contributed by atoms with Crippen LogP contribution < -0.4 is 9.64 Å². The van der Waals surface area contributed by atoms with Crippen molar-refractivity contribution >= 4 is 17.0 Å². The average Bonchev–Trinajstić information content (AvgIpc) is 3.06. The fourth-order valence-electron chi connectivity index (χ4n) is 3.75. The largest absolute Gasteiger partial charge is 0.485 e. The van der Waals surface area contributed by atoms with E-state index in [0.29, 0.717) is 5.65 Å². The smallest absolute Gasteiger partial charge is 0.182 e. The maximum absolute atomic E-state index is 6.54. The molecule has 0 atom stereocenters. The lowest BCUT2D eigenvalue weighted by atomic mass is 9.93. The molecule has 0 saturated carbocycles. The highest BCUT2D eigenvalue weighted by molar-refractivity contribution is 5.82. The lowest BCUT2D eigenvalue weighted by Gasteiger charge is -2.39. The van der Waals surface area contributed by atoms with Crippen molar-refractivity contribution in [3.8, 4) is 5.75 Å². The van der Waals surface area contributed by atoms with Gasteiger partial charge in [0.15, 0.2) is 11.5 Å². The van der Waals surface area contributed by atoms with Crippen molar-refractivity contribution in [2.24, 2.45) is 0 Å². The molecule has 0 amide bonds. The zero-order chi connectivity index (χ0) is 16.7. The fraction of sp³-hybridized carbons (Fsp3) is 0.389. The first-order valence-corrected chi connectivity index (χ1v) is 8.57. The van der Waals surface area contributed by atoms with E-state index in [1.54, 1.807) is 12.7 Å². The van der Waals surface area contributed by atoms with Crippen molar-refractivity contribution in [1.29, 1.82) is 0 Å². The molecule has 5 rings (SSSR count). The van der Waals surface area contributed by atoms with E-state index in [1.807, 2.05) is 12.1 Å². The van der Waals surface area contributed by atoms with Crippen LogP contribution >= 0.6 is 0 Å². The van der Waals surface area contributed by atoms with E-state index in [1.165, 1.54) is 0 Å². The number of para-hydroxylation sites is 1. The fourth-order valence-corrected chi connectivity index (χ4v) is 3.75. The number of H-pyrrole nitrogens is 1. The van der Waals surface area contributed by atoms with Gasteiger partial charge in [-0.2, -0.15) is 0 Å². The Morgan fingerprint density at radius 3 is 2.88 bits per heavy atom. The summed E-state index contributed by atoms with van der Waals surface area (Å²) in [6.45, 7) is 2.94. The van der Waals surface area contributed by atoms with Crippen LogP contribution in [0.15, 0.2) is 36.9 Å². The van der Waals surface area contributed by atoms with Gasteiger partial charge in [0.1, 0.15) is 23.2 Å². The number of imidazole rings is 1. The number of ether oxygens (including phenoxy) is 2. The lowest BCUT2D eigenvalue weighted by molar-refractivity contribution is -0.0391. The van der Waals surface area contributed by atoms with Crippen LogP contribution in [-0.2, 0) is 11.3 Å². The van der Waals surface area contributed by atoms with Gasteiger partial charge in [0, 0.05) is 24.9 Å². The van der Waals surface area contributed by atoms with Crippen LogP contribution in [0.25, 0.3) is 11.2 Å². The lowest BCUT2D eigenvalue weighted by Crippen LogP contribution is -2.49. The Hall–Kier alpha value is -2.67. The van der Waals surface area contributed by atoms with E-state index in [4.69, 9.17) is 9.47 Å². The van der Waals surface area contributed by atoms with Crippen LogP contribution in [0, 0.1) is 0 Å². The first kappa shape index (κ1) is 14.7. The minimum atomic E-state index is -0.262. The first-order valence-electron chi connectivity index (χ1n) is 8.57. The van der Waals surface area contributed by atoms with E-state index in [0.717, 1.165) is 61.8 Å². The molecule has 1 fully saturated rings. The van der Waals surface area contributed by atoms with Crippen molar-refractivity contribution in [2.75, 3.05) is 24.7 Å². The molecule has 2 aliphatic heterocycles. The Morgan fingerprint density at radius 1 is 1.08 bits per heavy atom. The Kier molecular flexibility index (Phi) is 3.34. The van der Waals surface area contributed by atoms with Gasteiger partial charge >= 0.3 is 0 Å². The molecule has 0 bridgehead atoms. The summed E-state index contributed by atoms with van der Waals surface area (Å²) in [4.78, 5) is 18.5. The average molecular weight is 337 g/mol. The third-order valence-corrected chi connectivity index (χ3v) is 5.05. The van der Waals surface area contributed by atoms with Crippen LogP contribution in [0.5, 0.6) is 5.75 Å². The summed E-state index contributed by atoms with van der Waals surface area (Å²) in [6.07, 6.45) is 4.98. The second kappa shape index (κ2) is 5.70. The highest BCUT2D eigenvalue weighted by Crippen LogP contribution is 2.37. The number of hydrogen-bond donors (Lipinski definition) is 1. The number of nitrogens with zero attached hydrogens (tertiary/aromatic N) is 4. The molecule has 0 radical (unpaired) electrons. The Bertz CT molecular complexity index is 903. The van der Waals surface area contributed by atoms with Crippen LogP contribution in [0.1, 0.15) is 18.4 Å². The van der Waals surface area contributed by atoms with Crippen molar-refractivity contribution in [1.82, 2.24) is 19.9 Å². The number of aromatic amines is 1. The van der Waals surface area contributed by atoms with Crippen LogP contribution in [0.2, 0.25) is 0 Å². The van der Waals surface area contributed by atoms with Crippen LogP contribution in [0.3, 0.4) is 0 Å². The standard InChI is InChI=1S/C18H19N5O2/c1-2-4-14-13(3-1)9-23(10-18(25-14)5-7-24-8-6-18)17-15-16(20-11-19-15)21-12-22-17/h1-4,11-12H,5-10H2,(H,19,20,21,22). The quantitative estimate of drug-likeness (QED) is 0.734. The summed E-state index contributed by atoms with van der Waals surface area (Å²) in [6, 6.07) is 8.25. The van der Waals surface area contributed by atoms with E-state index >= 15 is 0 Å². The summed E-state index contributed by atoms with van der Waals surface area (Å²) < 4.78 is 12.1. The van der Waals surface area contributed by atoms with Gasteiger partial charge in [-0.05, 0) is 6.07 Å². The predicted octanol–water partition coefficient (Wildman–Crippen LogP) is 2.30. The minimum absolute atomic E-state index is 0.262. The van der Waals surface area contributed by atoms with E-state index in [-0.39, 0.29) is 5.60 Å². The molecule has 4 heterocycles. The van der Waals surface area contributed by atoms with Crippen LogP contribution in [0.4, 0.5) is 5.82 Å². The van der Waals surface area contributed by atoms with Crippen molar-refractivity contribution in [3.05, 3.63) is 42.5 Å². The highest BCUT2D eigenvalue weighted by Gasteiger charge is 2.40. The summed E-state index contributed by atoms with van der Waals surface area (Å²) in [5.74, 6) is 1.83. The molecule has 25 heavy (non-hydrogen) atoms. The molecule has 2 aromatic heterocycles.